The highest BCUT2D eigenvalue weighted by Gasteiger charge is 2.09. The molecule has 2 N–H and O–H groups in total. The second-order valence-electron chi connectivity index (χ2n) is 4.26. The van der Waals surface area contributed by atoms with Crippen LogP contribution >= 0.6 is 34.5 Å². The minimum absolute atomic E-state index is 0.0518. The van der Waals surface area contributed by atoms with E-state index in [9.17, 15) is 0 Å². The van der Waals surface area contributed by atoms with Crippen molar-refractivity contribution < 1.29 is 9.84 Å². The number of benzene rings is 1. The van der Waals surface area contributed by atoms with Gasteiger partial charge in [0.15, 0.2) is 0 Å². The number of hydrogen-bond donors (Lipinski definition) is 2. The van der Waals surface area contributed by atoms with Gasteiger partial charge in [0.05, 0.1) is 30.5 Å². The molecule has 0 spiro atoms. The molecule has 0 aliphatic heterocycles. The van der Waals surface area contributed by atoms with Crippen molar-refractivity contribution in [2.75, 3.05) is 26.4 Å². The van der Waals surface area contributed by atoms with Crippen molar-refractivity contribution in [1.82, 2.24) is 10.3 Å². The normalized spacial score (nSPS) is 11.0. The Labute approximate surface area is 137 Å². The molecule has 0 saturated carbocycles. The van der Waals surface area contributed by atoms with Crippen LogP contribution in [0.2, 0.25) is 10.0 Å². The Morgan fingerprint density at radius 2 is 2.14 bits per heavy atom. The van der Waals surface area contributed by atoms with Gasteiger partial charge in [-0.15, -0.1) is 11.3 Å². The molecule has 0 aliphatic rings. The highest BCUT2D eigenvalue weighted by atomic mass is 35.5. The van der Waals surface area contributed by atoms with Crippen LogP contribution in [0.4, 0.5) is 0 Å². The van der Waals surface area contributed by atoms with Gasteiger partial charge in [0.2, 0.25) is 0 Å². The quantitative estimate of drug-likeness (QED) is 0.720. The fourth-order valence-corrected chi connectivity index (χ4v) is 2.87. The molecule has 1 aromatic carbocycles. The Morgan fingerprint density at radius 1 is 1.29 bits per heavy atom. The van der Waals surface area contributed by atoms with E-state index in [2.05, 4.69) is 10.3 Å². The number of aromatic nitrogens is 1. The lowest BCUT2D eigenvalue weighted by Gasteiger charge is -2.03. The van der Waals surface area contributed by atoms with Gasteiger partial charge in [-0.1, -0.05) is 23.2 Å². The van der Waals surface area contributed by atoms with E-state index in [4.69, 9.17) is 33.0 Å². The second-order valence-corrected chi connectivity index (χ2v) is 6.05. The van der Waals surface area contributed by atoms with Crippen molar-refractivity contribution in [2.24, 2.45) is 0 Å². The molecule has 0 unspecified atom stereocenters. The van der Waals surface area contributed by atoms with Crippen LogP contribution in [0.25, 0.3) is 11.3 Å². The minimum atomic E-state index is 0.0518. The Kier molecular flexibility index (Phi) is 6.89. The molecule has 1 aromatic heterocycles. The zero-order chi connectivity index (χ0) is 15.1. The largest absolute Gasteiger partial charge is 0.394 e. The van der Waals surface area contributed by atoms with Crippen LogP contribution in [0.3, 0.4) is 0 Å². The molecule has 0 radical (unpaired) electrons. The molecule has 2 rings (SSSR count). The molecular formula is C14H16Cl2N2O2S. The van der Waals surface area contributed by atoms with Crippen LogP contribution in [-0.2, 0) is 11.3 Å². The number of hydrogen-bond acceptors (Lipinski definition) is 5. The SMILES string of the molecule is OCCOCCNCc1nc(-c2cc(Cl)ccc2Cl)cs1. The van der Waals surface area contributed by atoms with Crippen LogP contribution in [0.5, 0.6) is 0 Å². The average Bonchev–Trinajstić information content (AvgIpc) is 2.94. The Bertz CT molecular complexity index is 578. The summed E-state index contributed by atoms with van der Waals surface area (Å²) in [5, 5.41) is 16.0. The lowest BCUT2D eigenvalue weighted by atomic mass is 10.2. The van der Waals surface area contributed by atoms with Gasteiger partial charge >= 0.3 is 0 Å². The summed E-state index contributed by atoms with van der Waals surface area (Å²) in [4.78, 5) is 4.55. The first-order chi connectivity index (χ1) is 10.2. The first-order valence-corrected chi connectivity index (χ1v) is 8.13. The van der Waals surface area contributed by atoms with Crippen molar-refractivity contribution in [2.45, 2.75) is 6.54 Å². The summed E-state index contributed by atoms with van der Waals surface area (Å²) < 4.78 is 5.16. The first kappa shape index (κ1) is 16.7. The number of nitrogens with zero attached hydrogens (tertiary/aromatic N) is 1. The van der Waals surface area contributed by atoms with Crippen LogP contribution in [0.1, 0.15) is 5.01 Å². The lowest BCUT2D eigenvalue weighted by molar-refractivity contribution is 0.0938. The van der Waals surface area contributed by atoms with Gasteiger partial charge in [0.25, 0.3) is 0 Å². The van der Waals surface area contributed by atoms with E-state index in [-0.39, 0.29) is 6.61 Å². The summed E-state index contributed by atoms with van der Waals surface area (Å²) in [6, 6.07) is 5.35. The maximum Gasteiger partial charge on any atom is 0.107 e. The number of aliphatic hydroxyl groups is 1. The van der Waals surface area contributed by atoms with Crippen LogP contribution < -0.4 is 5.32 Å². The smallest absolute Gasteiger partial charge is 0.107 e. The molecule has 1 heterocycles. The van der Waals surface area contributed by atoms with Gasteiger partial charge in [0.1, 0.15) is 5.01 Å². The summed E-state index contributed by atoms with van der Waals surface area (Å²) >= 11 is 13.7. The molecule has 21 heavy (non-hydrogen) atoms. The van der Waals surface area contributed by atoms with Gasteiger partial charge in [-0.2, -0.15) is 0 Å². The van der Waals surface area contributed by atoms with Gasteiger partial charge in [-0.05, 0) is 18.2 Å². The maximum atomic E-state index is 8.58. The van der Waals surface area contributed by atoms with Crippen molar-refractivity contribution in [3.05, 3.63) is 38.6 Å². The predicted molar refractivity (Wildman–Crippen MR) is 87.2 cm³/mol. The number of halogens is 2. The van der Waals surface area contributed by atoms with Crippen LogP contribution in [0.15, 0.2) is 23.6 Å². The molecular weight excluding hydrogens is 331 g/mol. The van der Waals surface area contributed by atoms with Crippen molar-refractivity contribution in [3.8, 4) is 11.3 Å². The lowest BCUT2D eigenvalue weighted by Crippen LogP contribution is -2.19. The number of ether oxygens (including phenoxy) is 1. The van der Waals surface area contributed by atoms with Gasteiger partial charge in [-0.3, -0.25) is 0 Å². The van der Waals surface area contributed by atoms with Crippen molar-refractivity contribution in [3.63, 3.8) is 0 Å². The molecule has 0 fully saturated rings. The third kappa shape index (κ3) is 5.21. The molecule has 7 heteroatoms. The van der Waals surface area contributed by atoms with Gasteiger partial charge < -0.3 is 15.2 Å². The van der Waals surface area contributed by atoms with E-state index in [0.29, 0.717) is 36.3 Å². The van der Waals surface area contributed by atoms with Crippen LogP contribution in [0, 0.1) is 0 Å². The standard InChI is InChI=1S/C14H16Cl2N2O2S/c15-10-1-2-12(16)11(7-10)13-9-21-14(18-13)8-17-3-5-20-6-4-19/h1-2,7,9,17,19H,3-6,8H2. The molecule has 0 atom stereocenters. The summed E-state index contributed by atoms with van der Waals surface area (Å²) in [6.45, 7) is 2.38. The summed E-state index contributed by atoms with van der Waals surface area (Å²) in [5.74, 6) is 0. The maximum absolute atomic E-state index is 8.58. The average molecular weight is 347 g/mol. The number of rotatable bonds is 8. The zero-order valence-corrected chi connectivity index (χ0v) is 13.6. The second kappa shape index (κ2) is 8.68. The highest BCUT2D eigenvalue weighted by molar-refractivity contribution is 7.09. The van der Waals surface area contributed by atoms with Crippen LogP contribution in [-0.4, -0.2) is 36.5 Å². The van der Waals surface area contributed by atoms with E-state index >= 15 is 0 Å². The van der Waals surface area contributed by atoms with E-state index in [1.54, 1.807) is 23.5 Å². The predicted octanol–water partition coefficient (Wildman–Crippen LogP) is 3.22. The third-order valence-electron chi connectivity index (χ3n) is 2.69. The minimum Gasteiger partial charge on any atom is -0.394 e. The zero-order valence-electron chi connectivity index (χ0n) is 11.3. The monoisotopic (exact) mass is 346 g/mol. The number of nitrogens with one attached hydrogen (secondary N) is 1. The molecule has 0 bridgehead atoms. The summed E-state index contributed by atoms with van der Waals surface area (Å²) in [6.07, 6.45) is 0. The Hall–Kier alpha value is -0.690. The van der Waals surface area contributed by atoms with Crippen molar-refractivity contribution >= 4 is 34.5 Å². The van der Waals surface area contributed by atoms with Crippen molar-refractivity contribution in [1.29, 1.82) is 0 Å². The van der Waals surface area contributed by atoms with Gasteiger partial charge in [-0.25, -0.2) is 4.98 Å². The number of thiazole rings is 1. The van der Waals surface area contributed by atoms with E-state index in [1.807, 2.05) is 11.4 Å². The fourth-order valence-electron chi connectivity index (χ4n) is 1.72. The first-order valence-electron chi connectivity index (χ1n) is 6.50. The molecule has 0 aliphatic carbocycles. The topological polar surface area (TPSA) is 54.4 Å². The summed E-state index contributed by atoms with van der Waals surface area (Å²) in [5.41, 5.74) is 1.68. The van der Waals surface area contributed by atoms with E-state index in [1.165, 1.54) is 0 Å². The van der Waals surface area contributed by atoms with Gasteiger partial charge in [0, 0.05) is 29.1 Å². The molecule has 0 saturated heterocycles. The molecule has 114 valence electrons. The van der Waals surface area contributed by atoms with E-state index < -0.39 is 0 Å². The van der Waals surface area contributed by atoms with E-state index in [0.717, 1.165) is 16.3 Å². The Balaban J connectivity index is 1.88. The third-order valence-corrected chi connectivity index (χ3v) is 4.10. The summed E-state index contributed by atoms with van der Waals surface area (Å²) in [7, 11) is 0. The molecule has 4 nitrogen and oxygen atoms in total. The molecule has 0 amide bonds. The Morgan fingerprint density at radius 3 is 2.95 bits per heavy atom. The number of aliphatic hydroxyl groups excluding tert-OH is 1. The highest BCUT2D eigenvalue weighted by Crippen LogP contribution is 2.31. The molecule has 2 aromatic rings. The fraction of sp³-hybridized carbons (Fsp3) is 0.357.